The molecule has 0 amide bonds. The van der Waals surface area contributed by atoms with Gasteiger partial charge in [-0.05, 0) is 48.3 Å². The maximum atomic E-state index is 2.42. The molecule has 0 heteroatoms. The highest BCUT2D eigenvalue weighted by Gasteiger charge is 2.76. The highest BCUT2D eigenvalue weighted by Crippen LogP contribution is 2.83. The van der Waals surface area contributed by atoms with Crippen LogP contribution >= 0.6 is 0 Å². The van der Waals surface area contributed by atoms with Crippen molar-refractivity contribution in [3.05, 3.63) is 0 Å². The van der Waals surface area contributed by atoms with Crippen LogP contribution in [-0.2, 0) is 0 Å². The summed E-state index contributed by atoms with van der Waals surface area (Å²) in [6, 6.07) is 0. The Morgan fingerprint density at radius 2 is 1.91 bits per heavy atom. The van der Waals surface area contributed by atoms with Gasteiger partial charge in [0, 0.05) is 0 Å². The Morgan fingerprint density at radius 1 is 1.18 bits per heavy atom. The first-order valence-corrected chi connectivity index (χ1v) is 5.34. The van der Waals surface area contributed by atoms with Gasteiger partial charge in [0.2, 0.25) is 0 Å². The van der Waals surface area contributed by atoms with Gasteiger partial charge in [-0.25, -0.2) is 0 Å². The molecule has 0 N–H and O–H groups in total. The van der Waals surface area contributed by atoms with Gasteiger partial charge in [-0.3, -0.25) is 0 Å². The molecule has 3 unspecified atom stereocenters. The summed E-state index contributed by atoms with van der Waals surface area (Å²) in [5.74, 6) is 4.73. The normalized spacial score (nSPS) is 63.8. The minimum atomic E-state index is 0.902. The third-order valence-electron chi connectivity index (χ3n) is 5.34. The number of hydrogen-bond donors (Lipinski definition) is 0. The summed E-state index contributed by atoms with van der Waals surface area (Å²) >= 11 is 0. The molecule has 5 saturated carbocycles. The Balaban J connectivity index is 1.92. The summed E-state index contributed by atoms with van der Waals surface area (Å²) in [5, 5.41) is 0. The average Bonchev–Trinajstić information content (AvgIpc) is 2.30. The van der Waals surface area contributed by atoms with E-state index in [4.69, 9.17) is 0 Å². The first kappa shape index (κ1) is 6.51. The molecule has 0 aliphatic heterocycles. The summed E-state index contributed by atoms with van der Waals surface area (Å²) in [6.45, 7) is 4.81. The van der Waals surface area contributed by atoms with Gasteiger partial charge in [-0.2, -0.15) is 0 Å². The van der Waals surface area contributed by atoms with Gasteiger partial charge in [0.15, 0.2) is 0 Å². The smallest absolute Gasteiger partial charge is 0.0210 e. The molecule has 0 radical (unpaired) electrons. The van der Waals surface area contributed by atoms with Crippen LogP contribution in [0.3, 0.4) is 0 Å². The zero-order chi connectivity index (χ0) is 7.64. The highest BCUT2D eigenvalue weighted by molar-refractivity contribution is 5.24. The van der Waals surface area contributed by atoms with Crippen molar-refractivity contribution in [2.24, 2.45) is 29.1 Å². The maximum absolute atomic E-state index is 2.42. The summed E-state index contributed by atoms with van der Waals surface area (Å²) < 4.78 is 0. The second-order valence-corrected chi connectivity index (χ2v) is 4.92. The quantitative estimate of drug-likeness (QED) is 0.567. The van der Waals surface area contributed by atoms with Crippen LogP contribution in [0.4, 0.5) is 0 Å². The second-order valence-electron chi connectivity index (χ2n) is 4.92. The fraction of sp³-hybridized carbons (Fsp3) is 1.00. The molecular formula is C11H18. The molecule has 0 aromatic heterocycles. The molecule has 4 bridgehead atoms. The minimum absolute atomic E-state index is 0.902. The van der Waals surface area contributed by atoms with E-state index >= 15 is 0 Å². The molecule has 0 saturated heterocycles. The Kier molecular flexibility index (Phi) is 0.990. The zero-order valence-corrected chi connectivity index (χ0v) is 7.64. The lowest BCUT2D eigenvalue weighted by molar-refractivity contribution is -0.209. The lowest BCUT2D eigenvalue weighted by Crippen LogP contribution is -2.63. The van der Waals surface area contributed by atoms with Crippen LogP contribution in [-0.4, -0.2) is 0 Å². The van der Waals surface area contributed by atoms with Gasteiger partial charge in [-0.15, -0.1) is 0 Å². The summed E-state index contributed by atoms with van der Waals surface area (Å²) in [7, 11) is 0. The predicted octanol–water partition coefficient (Wildman–Crippen LogP) is 3.08. The van der Waals surface area contributed by atoms with Crippen molar-refractivity contribution in [1.29, 1.82) is 0 Å². The van der Waals surface area contributed by atoms with Crippen molar-refractivity contribution in [2.75, 3.05) is 0 Å². The third-order valence-corrected chi connectivity index (χ3v) is 5.34. The van der Waals surface area contributed by atoms with Crippen molar-refractivity contribution in [2.45, 2.75) is 39.5 Å². The SMILES string of the molecule is CCC1CC2C3CC2C13CC. The molecular weight excluding hydrogens is 132 g/mol. The molecule has 5 fully saturated rings. The number of hydrogen-bond acceptors (Lipinski definition) is 0. The van der Waals surface area contributed by atoms with Gasteiger partial charge in [-0.1, -0.05) is 20.3 Å². The van der Waals surface area contributed by atoms with E-state index in [0.29, 0.717) is 0 Å². The van der Waals surface area contributed by atoms with Gasteiger partial charge in [0.05, 0.1) is 0 Å². The maximum Gasteiger partial charge on any atom is -0.0210 e. The molecule has 11 heavy (non-hydrogen) atoms. The van der Waals surface area contributed by atoms with E-state index in [1.807, 2.05) is 0 Å². The van der Waals surface area contributed by atoms with Crippen LogP contribution in [0.15, 0.2) is 0 Å². The monoisotopic (exact) mass is 150 g/mol. The van der Waals surface area contributed by atoms with Crippen LogP contribution in [0.25, 0.3) is 0 Å². The highest BCUT2D eigenvalue weighted by atomic mass is 14.8. The van der Waals surface area contributed by atoms with Crippen molar-refractivity contribution in [3.8, 4) is 0 Å². The van der Waals surface area contributed by atoms with Crippen molar-refractivity contribution in [1.82, 2.24) is 0 Å². The van der Waals surface area contributed by atoms with E-state index in [9.17, 15) is 0 Å². The molecule has 0 aromatic carbocycles. The topological polar surface area (TPSA) is 0 Å². The zero-order valence-electron chi connectivity index (χ0n) is 7.64. The summed E-state index contributed by atoms with van der Waals surface area (Å²) in [6.07, 6.45) is 6.14. The number of rotatable bonds is 2. The Labute approximate surface area is 69.4 Å². The van der Waals surface area contributed by atoms with Crippen molar-refractivity contribution in [3.63, 3.8) is 0 Å². The molecule has 5 aliphatic carbocycles. The Hall–Kier alpha value is 0. The van der Waals surface area contributed by atoms with Gasteiger partial charge in [0.25, 0.3) is 0 Å². The Bertz CT molecular complexity index is 184. The number of fused-ring (bicyclic) bond motifs is 1. The first-order chi connectivity index (χ1) is 5.34. The lowest BCUT2D eigenvalue weighted by atomic mass is 9.36. The van der Waals surface area contributed by atoms with E-state index in [2.05, 4.69) is 13.8 Å². The molecule has 3 atom stereocenters. The van der Waals surface area contributed by atoms with Crippen molar-refractivity contribution < 1.29 is 0 Å². The van der Waals surface area contributed by atoms with Crippen LogP contribution in [0, 0.1) is 29.1 Å². The van der Waals surface area contributed by atoms with Crippen LogP contribution in [0.5, 0.6) is 0 Å². The molecule has 0 heterocycles. The van der Waals surface area contributed by atoms with Crippen molar-refractivity contribution >= 4 is 0 Å². The second kappa shape index (κ2) is 1.67. The Morgan fingerprint density at radius 3 is 2.27 bits per heavy atom. The van der Waals surface area contributed by atoms with Crippen LogP contribution in [0.1, 0.15) is 39.5 Å². The van der Waals surface area contributed by atoms with E-state index in [0.717, 1.165) is 11.3 Å². The van der Waals surface area contributed by atoms with E-state index < -0.39 is 0 Å². The molecule has 5 rings (SSSR count). The molecule has 62 valence electrons. The van der Waals surface area contributed by atoms with Gasteiger partial charge >= 0.3 is 0 Å². The molecule has 0 nitrogen and oxygen atoms in total. The summed E-state index contributed by atoms with van der Waals surface area (Å²) in [5.41, 5.74) is 0.902. The molecule has 0 aromatic rings. The van der Waals surface area contributed by atoms with E-state index in [-0.39, 0.29) is 0 Å². The lowest BCUT2D eigenvalue weighted by Gasteiger charge is -2.69. The standard InChI is InChI=1S/C11H18/c1-3-7-5-8-9-6-10(8)11(7,9)4-2/h7-10H,3-6H2,1-2H3. The average molecular weight is 150 g/mol. The van der Waals surface area contributed by atoms with Crippen LogP contribution in [0.2, 0.25) is 0 Å². The largest absolute Gasteiger partial charge is 0.0651 e. The van der Waals surface area contributed by atoms with Gasteiger partial charge < -0.3 is 0 Å². The third kappa shape index (κ3) is 0.421. The fourth-order valence-corrected chi connectivity index (χ4v) is 4.78. The fourth-order valence-electron chi connectivity index (χ4n) is 4.78. The van der Waals surface area contributed by atoms with E-state index in [1.165, 1.54) is 30.6 Å². The van der Waals surface area contributed by atoms with E-state index in [1.54, 1.807) is 12.8 Å². The molecule has 5 aliphatic rings. The predicted molar refractivity (Wildman–Crippen MR) is 46.2 cm³/mol. The summed E-state index contributed by atoms with van der Waals surface area (Å²) in [4.78, 5) is 0. The van der Waals surface area contributed by atoms with Gasteiger partial charge in [0.1, 0.15) is 0 Å². The molecule has 0 spiro atoms. The first-order valence-electron chi connectivity index (χ1n) is 5.34. The van der Waals surface area contributed by atoms with Crippen LogP contribution < -0.4 is 0 Å². The minimum Gasteiger partial charge on any atom is -0.0651 e.